The largest absolute Gasteiger partial charge is 0.357 e. The summed E-state index contributed by atoms with van der Waals surface area (Å²) in [5.41, 5.74) is 0. The van der Waals surface area contributed by atoms with Crippen LogP contribution >= 0.6 is 11.8 Å². The summed E-state index contributed by atoms with van der Waals surface area (Å²) in [6, 6.07) is 1.19. The van der Waals surface area contributed by atoms with Gasteiger partial charge in [-0.25, -0.2) is 0 Å². The Morgan fingerprint density at radius 1 is 1.36 bits per heavy atom. The molecule has 0 spiro atoms. The molecule has 0 bridgehead atoms. The van der Waals surface area contributed by atoms with Crippen molar-refractivity contribution in [3.05, 3.63) is 0 Å². The number of thiocyanates is 1. The third-order valence-electron chi connectivity index (χ3n) is 1.71. The number of nitriles is 1. The number of rotatable bonds is 9. The van der Waals surface area contributed by atoms with E-state index in [0.717, 1.165) is 25.4 Å². The molecule has 0 saturated heterocycles. The maximum atomic E-state index is 8.32. The highest BCUT2D eigenvalue weighted by Gasteiger charge is 2.07. The Morgan fingerprint density at radius 2 is 2.00 bits per heavy atom. The van der Waals surface area contributed by atoms with Crippen LogP contribution in [-0.2, 0) is 9.47 Å². The molecule has 0 unspecified atom stereocenters. The Hall–Kier alpha value is -0.0231. The molecule has 0 aliphatic rings. The first-order valence-corrected chi connectivity index (χ1v) is 7.89. The molecule has 0 aliphatic carbocycles. The van der Waals surface area contributed by atoms with Crippen LogP contribution < -0.4 is 0 Å². The molecule has 0 heterocycles. The van der Waals surface area contributed by atoms with Gasteiger partial charge in [0.1, 0.15) is 11.3 Å². The second-order valence-electron chi connectivity index (χ2n) is 2.78. The van der Waals surface area contributed by atoms with Gasteiger partial charge in [0.25, 0.3) is 0 Å². The van der Waals surface area contributed by atoms with Crippen molar-refractivity contribution in [3.63, 3.8) is 0 Å². The molecule has 0 aromatic heterocycles. The fourth-order valence-corrected chi connectivity index (χ4v) is 3.60. The highest BCUT2D eigenvalue weighted by atomic mass is 32.2. The molecule has 3 nitrogen and oxygen atoms in total. The average Bonchev–Trinajstić information content (AvgIpc) is 2.18. The van der Waals surface area contributed by atoms with E-state index >= 15 is 0 Å². The van der Waals surface area contributed by atoms with Gasteiger partial charge in [-0.1, -0.05) is 6.04 Å². The zero-order valence-corrected chi connectivity index (χ0v) is 11.2. The van der Waals surface area contributed by atoms with Gasteiger partial charge in [-0.05, 0) is 32.0 Å². The molecular weight excluding hydrogens is 214 g/mol. The Bertz CT molecular complexity index is 157. The molecule has 0 N–H and O–H groups in total. The molecular formula is C9H19NO2SSi. The van der Waals surface area contributed by atoms with E-state index in [2.05, 4.69) is 5.40 Å². The normalized spacial score (nSPS) is 11.3. The summed E-state index contributed by atoms with van der Waals surface area (Å²) in [7, 11) is -0.292. The van der Waals surface area contributed by atoms with Crippen molar-refractivity contribution in [2.75, 3.05) is 19.0 Å². The predicted octanol–water partition coefficient (Wildman–Crippen LogP) is 1.53. The average molecular weight is 233 g/mol. The van der Waals surface area contributed by atoms with Gasteiger partial charge in [0.05, 0.1) is 9.52 Å². The van der Waals surface area contributed by atoms with Crippen LogP contribution in [0.1, 0.15) is 20.3 Å². The summed E-state index contributed by atoms with van der Waals surface area (Å²) in [5, 5.41) is 10.4. The smallest absolute Gasteiger partial charge is 0.134 e. The first-order chi connectivity index (χ1) is 6.85. The fraction of sp³-hybridized carbons (Fsp3) is 0.889. The highest BCUT2D eigenvalue weighted by Crippen LogP contribution is 2.04. The molecule has 0 saturated carbocycles. The molecule has 0 atom stereocenters. The van der Waals surface area contributed by atoms with Gasteiger partial charge in [0, 0.05) is 19.0 Å². The van der Waals surface area contributed by atoms with Crippen molar-refractivity contribution < 1.29 is 9.47 Å². The third-order valence-corrected chi connectivity index (χ3v) is 4.18. The maximum absolute atomic E-state index is 8.32. The van der Waals surface area contributed by atoms with Crippen molar-refractivity contribution in [1.29, 1.82) is 5.26 Å². The number of ether oxygens (including phenoxy) is 2. The lowest BCUT2D eigenvalue weighted by Crippen LogP contribution is -2.24. The second-order valence-corrected chi connectivity index (χ2v) is 5.61. The fourth-order valence-electron chi connectivity index (χ4n) is 1.12. The molecule has 0 rings (SSSR count). The van der Waals surface area contributed by atoms with Crippen molar-refractivity contribution >= 4 is 21.3 Å². The van der Waals surface area contributed by atoms with Gasteiger partial charge in [-0.2, -0.15) is 5.26 Å². The zero-order valence-electron chi connectivity index (χ0n) is 8.99. The molecule has 5 heteroatoms. The first-order valence-electron chi connectivity index (χ1n) is 5.09. The molecule has 14 heavy (non-hydrogen) atoms. The molecule has 0 aliphatic heterocycles. The van der Waals surface area contributed by atoms with E-state index in [1.54, 1.807) is 0 Å². The minimum absolute atomic E-state index is 0.0806. The van der Waals surface area contributed by atoms with Crippen LogP contribution in [0.2, 0.25) is 6.04 Å². The summed E-state index contributed by atoms with van der Waals surface area (Å²) in [5.74, 6) is 1.02. The Morgan fingerprint density at radius 3 is 2.50 bits per heavy atom. The lowest BCUT2D eigenvalue weighted by atomic mass is 10.6. The lowest BCUT2D eigenvalue weighted by molar-refractivity contribution is -0.0827. The first kappa shape index (κ1) is 14.0. The van der Waals surface area contributed by atoms with E-state index < -0.39 is 0 Å². The lowest BCUT2D eigenvalue weighted by Gasteiger charge is -2.15. The van der Waals surface area contributed by atoms with E-state index in [9.17, 15) is 0 Å². The predicted molar refractivity (Wildman–Crippen MR) is 63.1 cm³/mol. The summed E-state index contributed by atoms with van der Waals surface area (Å²) in [4.78, 5) is 0. The summed E-state index contributed by atoms with van der Waals surface area (Å²) >= 11 is 1.33. The van der Waals surface area contributed by atoms with E-state index in [0.29, 0.717) is 0 Å². The molecule has 0 fully saturated rings. The molecule has 0 radical (unpaired) electrons. The summed E-state index contributed by atoms with van der Waals surface area (Å²) < 4.78 is 10.9. The number of hydrogen-bond donors (Lipinski definition) is 0. The molecule has 0 aromatic rings. The Balaban J connectivity index is 3.36. The number of hydrogen-bond acceptors (Lipinski definition) is 4. The van der Waals surface area contributed by atoms with Gasteiger partial charge in [-0.15, -0.1) is 0 Å². The van der Waals surface area contributed by atoms with Crippen molar-refractivity contribution in [1.82, 2.24) is 0 Å². The van der Waals surface area contributed by atoms with Gasteiger partial charge in [0.15, 0.2) is 0 Å². The SMILES string of the molecule is CCOC(OCC)[SiH2]CCCSC#N. The standard InChI is InChI=1S/C9H19NO2SSi/c1-3-11-9(12-4-2)14-7-5-6-13-8-10/h9H,3-7,14H2,1-2H3. The van der Waals surface area contributed by atoms with Crippen LogP contribution in [0.15, 0.2) is 0 Å². The zero-order chi connectivity index (χ0) is 10.6. The molecule has 82 valence electrons. The van der Waals surface area contributed by atoms with Crippen LogP contribution in [0.25, 0.3) is 0 Å². The van der Waals surface area contributed by atoms with Gasteiger partial charge in [0.2, 0.25) is 0 Å². The monoisotopic (exact) mass is 233 g/mol. The van der Waals surface area contributed by atoms with Crippen molar-refractivity contribution in [3.8, 4) is 5.40 Å². The van der Waals surface area contributed by atoms with E-state index in [1.807, 2.05) is 13.8 Å². The minimum Gasteiger partial charge on any atom is -0.357 e. The second kappa shape index (κ2) is 11.1. The number of thioether (sulfide) groups is 1. The quantitative estimate of drug-likeness (QED) is 0.262. The van der Waals surface area contributed by atoms with Gasteiger partial charge in [-0.3, -0.25) is 0 Å². The third kappa shape index (κ3) is 8.57. The number of nitrogens with zero attached hydrogens (tertiary/aromatic N) is 1. The van der Waals surface area contributed by atoms with Crippen molar-refractivity contribution in [2.45, 2.75) is 32.2 Å². The van der Waals surface area contributed by atoms with Crippen LogP contribution in [0.3, 0.4) is 0 Å². The van der Waals surface area contributed by atoms with Crippen LogP contribution in [0.4, 0.5) is 0 Å². The van der Waals surface area contributed by atoms with Gasteiger partial charge < -0.3 is 9.47 Å². The summed E-state index contributed by atoms with van der Waals surface area (Å²) in [6.45, 7) is 5.44. The summed E-state index contributed by atoms with van der Waals surface area (Å²) in [6.07, 6.45) is 1.11. The van der Waals surface area contributed by atoms with E-state index in [-0.39, 0.29) is 15.4 Å². The van der Waals surface area contributed by atoms with Crippen molar-refractivity contribution in [2.24, 2.45) is 0 Å². The van der Waals surface area contributed by atoms with Crippen LogP contribution in [-0.4, -0.2) is 34.4 Å². The van der Waals surface area contributed by atoms with E-state index in [4.69, 9.17) is 14.7 Å². The van der Waals surface area contributed by atoms with E-state index in [1.165, 1.54) is 17.8 Å². The molecule has 0 aromatic carbocycles. The van der Waals surface area contributed by atoms with Crippen LogP contribution in [0, 0.1) is 10.7 Å². The van der Waals surface area contributed by atoms with Gasteiger partial charge >= 0.3 is 0 Å². The highest BCUT2D eigenvalue weighted by molar-refractivity contribution is 8.03. The minimum atomic E-state index is -0.292. The topological polar surface area (TPSA) is 42.2 Å². The Kier molecular flexibility index (Phi) is 11.0. The molecule has 0 amide bonds. The van der Waals surface area contributed by atoms with Crippen LogP contribution in [0.5, 0.6) is 0 Å². The Labute approximate surface area is 93.0 Å². The maximum Gasteiger partial charge on any atom is 0.134 e.